The Bertz CT molecular complexity index is 1280. The van der Waals surface area contributed by atoms with Gasteiger partial charge in [0.1, 0.15) is 24.1 Å². The minimum absolute atomic E-state index is 0.0972. The number of methoxy groups -OCH3 is 1. The fourth-order valence-corrected chi connectivity index (χ4v) is 3.44. The van der Waals surface area contributed by atoms with Crippen LogP contribution in [0.1, 0.15) is 16.7 Å². The Labute approximate surface area is 202 Å². The van der Waals surface area contributed by atoms with Gasteiger partial charge in [-0.2, -0.15) is 5.26 Å². The molecular weight excluding hydrogens is 455 g/mol. The summed E-state index contributed by atoms with van der Waals surface area (Å²) in [5, 5.41) is 12.7. The second-order valence-corrected chi connectivity index (χ2v) is 7.69. The summed E-state index contributed by atoms with van der Waals surface area (Å²) in [6.45, 7) is 3.92. The lowest BCUT2D eigenvalue weighted by Crippen LogP contribution is -2.13. The van der Waals surface area contributed by atoms with Crippen LogP contribution in [0.15, 0.2) is 78.9 Å². The summed E-state index contributed by atoms with van der Waals surface area (Å²) in [5.74, 6) is -0.0272. The maximum absolute atomic E-state index is 13.5. The number of anilines is 1. The number of allylic oxidation sites excluding steroid dienone is 1. The van der Waals surface area contributed by atoms with Gasteiger partial charge in [0, 0.05) is 16.3 Å². The molecule has 0 aliphatic rings. The molecule has 3 aromatic rings. The van der Waals surface area contributed by atoms with Crippen LogP contribution in [0.3, 0.4) is 0 Å². The van der Waals surface area contributed by atoms with Gasteiger partial charge >= 0.3 is 0 Å². The molecule has 0 saturated carbocycles. The number of carbonyl (C=O) groups excluding carboxylic acids is 1. The lowest BCUT2D eigenvalue weighted by atomic mass is 10.0. The number of rotatable bonds is 9. The van der Waals surface area contributed by atoms with Crippen LogP contribution in [0.4, 0.5) is 10.1 Å². The van der Waals surface area contributed by atoms with Gasteiger partial charge in [-0.05, 0) is 66.1 Å². The Morgan fingerprint density at radius 1 is 1.21 bits per heavy atom. The molecule has 3 rings (SSSR count). The molecule has 0 unspecified atom stereocenters. The number of hydrogen-bond donors (Lipinski definition) is 1. The average Bonchev–Trinajstić information content (AvgIpc) is 2.81. The second kappa shape index (κ2) is 11.7. The molecule has 0 aliphatic carbocycles. The number of nitriles is 1. The number of nitrogens with zero attached hydrogens (tertiary/aromatic N) is 1. The molecule has 0 atom stereocenters. The highest BCUT2D eigenvalue weighted by Crippen LogP contribution is 2.35. The summed E-state index contributed by atoms with van der Waals surface area (Å²) in [5.41, 5.74) is 2.36. The molecule has 0 spiro atoms. The molecule has 1 N–H and O–H groups in total. The van der Waals surface area contributed by atoms with E-state index in [0.717, 1.165) is 5.56 Å². The summed E-state index contributed by atoms with van der Waals surface area (Å²) >= 11 is 5.96. The van der Waals surface area contributed by atoms with E-state index in [2.05, 4.69) is 11.9 Å². The zero-order chi connectivity index (χ0) is 24.5. The maximum atomic E-state index is 13.5. The third kappa shape index (κ3) is 6.47. The van der Waals surface area contributed by atoms with Gasteiger partial charge in [0.15, 0.2) is 11.5 Å². The molecule has 3 aromatic carbocycles. The molecule has 0 bridgehead atoms. The van der Waals surface area contributed by atoms with E-state index in [-0.39, 0.29) is 18.0 Å². The topological polar surface area (TPSA) is 71.4 Å². The van der Waals surface area contributed by atoms with Crippen molar-refractivity contribution in [2.45, 2.75) is 13.0 Å². The van der Waals surface area contributed by atoms with Crippen molar-refractivity contribution in [2.24, 2.45) is 0 Å². The van der Waals surface area contributed by atoms with Crippen molar-refractivity contribution in [1.82, 2.24) is 0 Å². The summed E-state index contributed by atoms with van der Waals surface area (Å²) in [6, 6.07) is 18.2. The Hall–Kier alpha value is -4.08. The molecule has 34 heavy (non-hydrogen) atoms. The molecule has 0 heterocycles. The lowest BCUT2D eigenvalue weighted by molar-refractivity contribution is -0.112. The minimum atomic E-state index is -0.569. The van der Waals surface area contributed by atoms with Crippen LogP contribution in [0.5, 0.6) is 11.5 Å². The number of ether oxygens (including phenoxy) is 2. The van der Waals surface area contributed by atoms with Crippen molar-refractivity contribution in [3.05, 3.63) is 106 Å². The van der Waals surface area contributed by atoms with Gasteiger partial charge in [-0.25, -0.2) is 4.39 Å². The molecule has 0 saturated heterocycles. The van der Waals surface area contributed by atoms with E-state index < -0.39 is 5.91 Å². The summed E-state index contributed by atoms with van der Waals surface area (Å²) in [4.78, 5) is 12.6. The van der Waals surface area contributed by atoms with Crippen LogP contribution in [-0.4, -0.2) is 13.0 Å². The van der Waals surface area contributed by atoms with Crippen LogP contribution >= 0.6 is 11.6 Å². The van der Waals surface area contributed by atoms with Crippen LogP contribution in [0.25, 0.3) is 6.08 Å². The van der Waals surface area contributed by atoms with Crippen molar-refractivity contribution in [1.29, 1.82) is 5.26 Å². The molecule has 1 amide bonds. The van der Waals surface area contributed by atoms with Crippen LogP contribution in [-0.2, 0) is 17.8 Å². The highest BCUT2D eigenvalue weighted by Gasteiger charge is 2.15. The van der Waals surface area contributed by atoms with Gasteiger partial charge in [-0.1, -0.05) is 35.9 Å². The van der Waals surface area contributed by atoms with Crippen LogP contribution in [0.2, 0.25) is 5.02 Å². The molecular formula is C27H22ClFN2O3. The standard InChI is InChI=1S/C27H22ClFN2O3/c1-3-6-20-11-19(12-21(16-30)27(32)31-24-10-5-8-22(28)15-24)14-25(33-2)26(20)34-17-18-7-4-9-23(29)13-18/h3-5,7-15H,1,6,17H2,2H3,(H,31,32)/b21-12+. The third-order valence-electron chi connectivity index (χ3n) is 4.77. The van der Waals surface area contributed by atoms with Gasteiger partial charge in [-0.3, -0.25) is 4.79 Å². The lowest BCUT2D eigenvalue weighted by Gasteiger charge is -2.16. The molecule has 0 aromatic heterocycles. The molecule has 172 valence electrons. The molecule has 0 radical (unpaired) electrons. The van der Waals surface area contributed by atoms with Crippen molar-refractivity contribution >= 4 is 29.3 Å². The summed E-state index contributed by atoms with van der Waals surface area (Å²) < 4.78 is 25.0. The maximum Gasteiger partial charge on any atom is 0.266 e. The Balaban J connectivity index is 1.90. The van der Waals surface area contributed by atoms with E-state index in [1.807, 2.05) is 6.07 Å². The predicted molar refractivity (Wildman–Crippen MR) is 131 cm³/mol. The number of carbonyl (C=O) groups is 1. The zero-order valence-electron chi connectivity index (χ0n) is 18.5. The second-order valence-electron chi connectivity index (χ2n) is 7.26. The quantitative estimate of drug-likeness (QED) is 0.222. The number of benzene rings is 3. The average molecular weight is 477 g/mol. The first-order valence-corrected chi connectivity index (χ1v) is 10.7. The summed E-state index contributed by atoms with van der Waals surface area (Å²) in [7, 11) is 1.49. The molecule has 0 aliphatic heterocycles. The Kier molecular flexibility index (Phi) is 8.44. The smallest absolute Gasteiger partial charge is 0.266 e. The Morgan fingerprint density at radius 2 is 2.00 bits per heavy atom. The number of halogens is 2. The van der Waals surface area contributed by atoms with E-state index in [4.69, 9.17) is 21.1 Å². The first kappa shape index (κ1) is 24.6. The highest BCUT2D eigenvalue weighted by molar-refractivity contribution is 6.31. The highest BCUT2D eigenvalue weighted by atomic mass is 35.5. The normalized spacial score (nSPS) is 10.8. The van der Waals surface area contributed by atoms with Gasteiger partial charge in [-0.15, -0.1) is 6.58 Å². The van der Waals surface area contributed by atoms with Crippen molar-refractivity contribution in [2.75, 3.05) is 12.4 Å². The fraction of sp³-hybridized carbons (Fsp3) is 0.111. The SMILES string of the molecule is C=CCc1cc(/C=C(\C#N)C(=O)Nc2cccc(Cl)c2)cc(OC)c1OCc1cccc(F)c1. The first-order chi connectivity index (χ1) is 16.4. The van der Waals surface area contributed by atoms with Gasteiger partial charge < -0.3 is 14.8 Å². The minimum Gasteiger partial charge on any atom is -0.493 e. The van der Waals surface area contributed by atoms with Crippen molar-refractivity contribution < 1.29 is 18.7 Å². The third-order valence-corrected chi connectivity index (χ3v) is 5.00. The van der Waals surface area contributed by atoms with E-state index in [1.54, 1.807) is 54.6 Å². The van der Waals surface area contributed by atoms with Crippen molar-refractivity contribution in [3.63, 3.8) is 0 Å². The number of hydrogen-bond acceptors (Lipinski definition) is 4. The fourth-order valence-electron chi connectivity index (χ4n) is 3.25. The van der Waals surface area contributed by atoms with E-state index in [9.17, 15) is 14.4 Å². The zero-order valence-corrected chi connectivity index (χ0v) is 19.2. The van der Waals surface area contributed by atoms with Crippen LogP contribution < -0.4 is 14.8 Å². The number of nitrogens with one attached hydrogen (secondary N) is 1. The predicted octanol–water partition coefficient (Wildman–Crippen LogP) is 6.34. The first-order valence-electron chi connectivity index (χ1n) is 10.3. The monoisotopic (exact) mass is 476 g/mol. The van der Waals surface area contributed by atoms with Gasteiger partial charge in [0.05, 0.1) is 7.11 Å². The molecule has 5 nitrogen and oxygen atoms in total. The number of amides is 1. The molecule has 0 fully saturated rings. The summed E-state index contributed by atoms with van der Waals surface area (Å²) in [6.07, 6.45) is 3.62. The van der Waals surface area contributed by atoms with E-state index >= 15 is 0 Å². The van der Waals surface area contributed by atoms with Crippen molar-refractivity contribution in [3.8, 4) is 17.6 Å². The molecule has 7 heteroatoms. The van der Waals surface area contributed by atoms with Gasteiger partial charge in [0.2, 0.25) is 0 Å². The van der Waals surface area contributed by atoms with Gasteiger partial charge in [0.25, 0.3) is 5.91 Å². The Morgan fingerprint density at radius 3 is 2.68 bits per heavy atom. The largest absolute Gasteiger partial charge is 0.493 e. The van der Waals surface area contributed by atoms with Crippen LogP contribution in [0, 0.1) is 17.1 Å². The van der Waals surface area contributed by atoms with E-state index in [0.29, 0.717) is 39.8 Å². The van der Waals surface area contributed by atoms with E-state index in [1.165, 1.54) is 25.3 Å².